The van der Waals surface area contributed by atoms with E-state index in [1.165, 1.54) is 4.90 Å². The van der Waals surface area contributed by atoms with Crippen LogP contribution in [0.3, 0.4) is 0 Å². The molecule has 0 aliphatic carbocycles. The highest BCUT2D eigenvalue weighted by Gasteiger charge is 2.32. The lowest BCUT2D eigenvalue weighted by molar-refractivity contribution is -0.150. The number of carbonyl (C=O) groups is 1. The fourth-order valence-electron chi connectivity index (χ4n) is 3.71. The normalized spacial score (nSPS) is 16.0. The highest BCUT2D eigenvalue weighted by molar-refractivity contribution is 5.78. The molecule has 0 spiro atoms. The highest BCUT2D eigenvalue weighted by atomic mass is 19.4. The summed E-state index contributed by atoms with van der Waals surface area (Å²) in [6.45, 7) is 5.82. The van der Waals surface area contributed by atoms with Crippen LogP contribution in [0.15, 0.2) is 30.3 Å². The zero-order chi connectivity index (χ0) is 21.7. The van der Waals surface area contributed by atoms with Crippen molar-refractivity contribution in [2.24, 2.45) is 0 Å². The van der Waals surface area contributed by atoms with Gasteiger partial charge in [0.2, 0.25) is 5.91 Å². The third-order valence-corrected chi connectivity index (χ3v) is 5.40. The van der Waals surface area contributed by atoms with Gasteiger partial charge in [-0.15, -0.1) is 0 Å². The van der Waals surface area contributed by atoms with Crippen molar-refractivity contribution in [3.05, 3.63) is 52.8 Å². The lowest BCUT2D eigenvalue weighted by atomic mass is 10.2. The molecule has 1 N–H and O–H groups in total. The Labute approximate surface area is 174 Å². The Bertz CT molecular complexity index is 842. The Balaban J connectivity index is 1.47. The summed E-state index contributed by atoms with van der Waals surface area (Å²) in [6, 6.07) is 10.1. The number of benzene rings is 1. The first kappa shape index (κ1) is 22.3. The van der Waals surface area contributed by atoms with Crippen LogP contribution in [0, 0.1) is 13.8 Å². The summed E-state index contributed by atoms with van der Waals surface area (Å²) in [5.41, 5.74) is 4.04. The topological polar surface area (TPSA) is 53.4 Å². The molecule has 164 valence electrons. The van der Waals surface area contributed by atoms with Gasteiger partial charge in [0.15, 0.2) is 0 Å². The number of carbonyl (C=O) groups excluding carboxylic acids is 1. The molecule has 0 unspecified atom stereocenters. The van der Waals surface area contributed by atoms with Gasteiger partial charge >= 0.3 is 6.18 Å². The fourth-order valence-corrected chi connectivity index (χ4v) is 3.71. The zero-order valence-corrected chi connectivity index (χ0v) is 17.4. The first-order chi connectivity index (χ1) is 14.2. The smallest absolute Gasteiger partial charge is 0.351 e. The van der Waals surface area contributed by atoms with Crippen molar-refractivity contribution in [3.63, 3.8) is 0 Å². The lowest BCUT2D eigenvalue weighted by Gasteiger charge is -2.34. The molecule has 3 rings (SSSR count). The monoisotopic (exact) mass is 423 g/mol. The van der Waals surface area contributed by atoms with Crippen molar-refractivity contribution in [2.45, 2.75) is 33.1 Å². The average molecular weight is 423 g/mol. The molecule has 2 aromatic rings. The number of aromatic nitrogens is 2. The van der Waals surface area contributed by atoms with Gasteiger partial charge in [-0.05, 0) is 19.4 Å². The van der Waals surface area contributed by atoms with E-state index >= 15 is 0 Å². The zero-order valence-electron chi connectivity index (χ0n) is 17.4. The SMILES string of the molecule is Cc1nn(Cc2ccccc2)c(C)c1CNC(=O)CN1CCN(CC(F)(F)F)CC1. The second kappa shape index (κ2) is 9.61. The second-order valence-electron chi connectivity index (χ2n) is 7.74. The summed E-state index contributed by atoms with van der Waals surface area (Å²) in [5, 5.41) is 7.52. The van der Waals surface area contributed by atoms with Gasteiger partial charge in [-0.1, -0.05) is 30.3 Å². The predicted molar refractivity (Wildman–Crippen MR) is 108 cm³/mol. The van der Waals surface area contributed by atoms with Crippen molar-refractivity contribution >= 4 is 5.91 Å². The van der Waals surface area contributed by atoms with E-state index in [1.807, 2.05) is 53.8 Å². The van der Waals surface area contributed by atoms with E-state index in [0.29, 0.717) is 39.3 Å². The van der Waals surface area contributed by atoms with E-state index < -0.39 is 12.7 Å². The number of hydrogen-bond donors (Lipinski definition) is 1. The Morgan fingerprint density at radius 2 is 1.70 bits per heavy atom. The number of hydrogen-bond acceptors (Lipinski definition) is 4. The minimum absolute atomic E-state index is 0.131. The number of alkyl halides is 3. The first-order valence-corrected chi connectivity index (χ1v) is 10.1. The standard InChI is InChI=1S/C21H28F3N5O/c1-16-19(17(2)29(26-16)13-18-6-4-3-5-7-18)12-25-20(30)14-27-8-10-28(11-9-27)15-21(22,23)24/h3-7H,8-15H2,1-2H3,(H,25,30). The van der Waals surface area contributed by atoms with Crippen LogP contribution in [-0.2, 0) is 17.9 Å². The predicted octanol–water partition coefficient (Wildman–Crippen LogP) is 2.34. The van der Waals surface area contributed by atoms with E-state index in [2.05, 4.69) is 10.4 Å². The molecule has 30 heavy (non-hydrogen) atoms. The molecule has 0 bridgehead atoms. The molecular formula is C21H28F3N5O. The van der Waals surface area contributed by atoms with E-state index in [4.69, 9.17) is 0 Å². The molecule has 0 atom stereocenters. The Morgan fingerprint density at radius 3 is 2.33 bits per heavy atom. The minimum atomic E-state index is -4.18. The number of aryl methyl sites for hydroxylation is 1. The minimum Gasteiger partial charge on any atom is -0.351 e. The quantitative estimate of drug-likeness (QED) is 0.743. The van der Waals surface area contributed by atoms with Crippen LogP contribution >= 0.6 is 0 Å². The van der Waals surface area contributed by atoms with Gasteiger partial charge in [0.1, 0.15) is 0 Å². The maximum Gasteiger partial charge on any atom is 0.401 e. The molecule has 0 saturated carbocycles. The van der Waals surface area contributed by atoms with Crippen molar-refractivity contribution in [1.82, 2.24) is 24.9 Å². The van der Waals surface area contributed by atoms with Crippen molar-refractivity contribution < 1.29 is 18.0 Å². The van der Waals surface area contributed by atoms with Crippen LogP contribution in [0.4, 0.5) is 13.2 Å². The van der Waals surface area contributed by atoms with E-state index in [1.54, 1.807) is 0 Å². The third kappa shape index (κ3) is 6.30. The molecule has 1 aliphatic rings. The number of halogens is 3. The number of rotatable bonds is 7. The maximum atomic E-state index is 12.5. The van der Waals surface area contributed by atoms with Crippen molar-refractivity contribution in [2.75, 3.05) is 39.3 Å². The molecule has 1 aliphatic heterocycles. The summed E-state index contributed by atoms with van der Waals surface area (Å²) in [6.07, 6.45) is -4.18. The number of nitrogens with one attached hydrogen (secondary N) is 1. The second-order valence-corrected chi connectivity index (χ2v) is 7.74. The van der Waals surface area contributed by atoms with Crippen LogP contribution in [0.2, 0.25) is 0 Å². The third-order valence-electron chi connectivity index (χ3n) is 5.40. The maximum absolute atomic E-state index is 12.5. The molecule has 0 radical (unpaired) electrons. The first-order valence-electron chi connectivity index (χ1n) is 10.1. The average Bonchev–Trinajstić information content (AvgIpc) is 2.94. The summed E-state index contributed by atoms with van der Waals surface area (Å²) < 4.78 is 39.4. The molecule has 1 saturated heterocycles. The van der Waals surface area contributed by atoms with E-state index in [9.17, 15) is 18.0 Å². The van der Waals surface area contributed by atoms with Gasteiger partial charge in [0, 0.05) is 44.0 Å². The summed E-state index contributed by atoms with van der Waals surface area (Å²) in [5.74, 6) is -0.131. The Hall–Kier alpha value is -2.39. The van der Waals surface area contributed by atoms with Crippen LogP contribution in [-0.4, -0.2) is 70.9 Å². The largest absolute Gasteiger partial charge is 0.401 e. The molecule has 1 aromatic carbocycles. The van der Waals surface area contributed by atoms with Crippen LogP contribution < -0.4 is 5.32 Å². The number of piperazine rings is 1. The van der Waals surface area contributed by atoms with Gasteiger partial charge in [-0.3, -0.25) is 19.3 Å². The van der Waals surface area contributed by atoms with Crippen LogP contribution in [0.1, 0.15) is 22.5 Å². The summed E-state index contributed by atoms with van der Waals surface area (Å²) in [7, 11) is 0. The molecule has 1 amide bonds. The molecule has 2 heterocycles. The molecular weight excluding hydrogens is 395 g/mol. The van der Waals surface area contributed by atoms with Crippen molar-refractivity contribution in [1.29, 1.82) is 0 Å². The molecule has 6 nitrogen and oxygen atoms in total. The van der Waals surface area contributed by atoms with Crippen LogP contribution in [0.5, 0.6) is 0 Å². The summed E-state index contributed by atoms with van der Waals surface area (Å²) >= 11 is 0. The summed E-state index contributed by atoms with van der Waals surface area (Å²) in [4.78, 5) is 15.6. The van der Waals surface area contributed by atoms with E-state index in [0.717, 1.165) is 22.5 Å². The van der Waals surface area contributed by atoms with Gasteiger partial charge in [0.05, 0.1) is 25.3 Å². The lowest BCUT2D eigenvalue weighted by Crippen LogP contribution is -2.51. The van der Waals surface area contributed by atoms with Gasteiger partial charge in [0.25, 0.3) is 0 Å². The van der Waals surface area contributed by atoms with Gasteiger partial charge < -0.3 is 5.32 Å². The number of amides is 1. The number of nitrogens with zero attached hydrogens (tertiary/aromatic N) is 4. The van der Waals surface area contributed by atoms with Gasteiger partial charge in [-0.2, -0.15) is 18.3 Å². The van der Waals surface area contributed by atoms with Crippen molar-refractivity contribution in [3.8, 4) is 0 Å². The van der Waals surface area contributed by atoms with E-state index in [-0.39, 0.29) is 12.5 Å². The van der Waals surface area contributed by atoms with Gasteiger partial charge in [-0.25, -0.2) is 0 Å². The Morgan fingerprint density at radius 1 is 1.07 bits per heavy atom. The molecule has 9 heteroatoms. The fraction of sp³-hybridized carbons (Fsp3) is 0.524. The highest BCUT2D eigenvalue weighted by Crippen LogP contribution is 2.18. The molecule has 1 aromatic heterocycles. The van der Waals surface area contributed by atoms with Crippen LogP contribution in [0.25, 0.3) is 0 Å². The Kier molecular flexibility index (Phi) is 7.14. The molecule has 1 fully saturated rings.